The molecule has 0 aliphatic carbocycles. The topological polar surface area (TPSA) is 74.9 Å². The summed E-state index contributed by atoms with van der Waals surface area (Å²) in [5.41, 5.74) is 0.813. The van der Waals surface area contributed by atoms with E-state index in [1.807, 2.05) is 0 Å². The Morgan fingerprint density at radius 1 is 1.32 bits per heavy atom. The quantitative estimate of drug-likeness (QED) is 0.479. The molecule has 0 radical (unpaired) electrons. The molecule has 7 nitrogen and oxygen atoms in total. The van der Waals surface area contributed by atoms with E-state index in [0.29, 0.717) is 17.1 Å². The number of benzene rings is 1. The standard InChI is InChI=1S/C14H14ClN3O4/c1-18-13(10(15)8-16-18)14(19)22-17-7-9-4-5-11(20-2)12(6-9)21-3/h4-8H,1-3H3/b17-7+. The number of rotatable bonds is 5. The maximum absolute atomic E-state index is 11.8. The molecule has 22 heavy (non-hydrogen) atoms. The zero-order chi connectivity index (χ0) is 16.1. The fourth-order valence-corrected chi connectivity index (χ4v) is 1.99. The van der Waals surface area contributed by atoms with E-state index >= 15 is 0 Å². The van der Waals surface area contributed by atoms with Crippen molar-refractivity contribution < 1.29 is 19.1 Å². The van der Waals surface area contributed by atoms with Crippen LogP contribution in [0.25, 0.3) is 0 Å². The molecule has 0 saturated carbocycles. The summed E-state index contributed by atoms with van der Waals surface area (Å²) in [6.07, 6.45) is 2.74. The van der Waals surface area contributed by atoms with Gasteiger partial charge in [-0.15, -0.1) is 0 Å². The molecule has 1 aromatic heterocycles. The van der Waals surface area contributed by atoms with Gasteiger partial charge in [-0.05, 0) is 18.2 Å². The highest BCUT2D eigenvalue weighted by atomic mass is 35.5. The fourth-order valence-electron chi connectivity index (χ4n) is 1.75. The zero-order valence-corrected chi connectivity index (χ0v) is 13.0. The van der Waals surface area contributed by atoms with Gasteiger partial charge in [0.1, 0.15) is 0 Å². The van der Waals surface area contributed by atoms with Crippen LogP contribution >= 0.6 is 11.6 Å². The van der Waals surface area contributed by atoms with E-state index in [0.717, 1.165) is 0 Å². The smallest absolute Gasteiger partial charge is 0.385 e. The van der Waals surface area contributed by atoms with Crippen LogP contribution in [0, 0.1) is 0 Å². The van der Waals surface area contributed by atoms with E-state index in [-0.39, 0.29) is 10.7 Å². The highest BCUT2D eigenvalue weighted by Gasteiger charge is 2.17. The number of hydrogen-bond acceptors (Lipinski definition) is 6. The van der Waals surface area contributed by atoms with Gasteiger partial charge < -0.3 is 14.3 Å². The van der Waals surface area contributed by atoms with Crippen molar-refractivity contribution in [3.63, 3.8) is 0 Å². The number of aryl methyl sites for hydroxylation is 1. The van der Waals surface area contributed by atoms with Gasteiger partial charge in [-0.1, -0.05) is 16.8 Å². The second-order valence-electron chi connectivity index (χ2n) is 4.19. The maximum atomic E-state index is 11.8. The number of nitrogens with zero attached hydrogens (tertiary/aromatic N) is 3. The summed E-state index contributed by atoms with van der Waals surface area (Å²) in [7, 11) is 4.66. The van der Waals surface area contributed by atoms with E-state index in [2.05, 4.69) is 10.3 Å². The number of aromatic nitrogens is 2. The molecule has 2 rings (SSSR count). The SMILES string of the molecule is COc1ccc(/C=N/OC(=O)c2c(Cl)cnn2C)cc1OC. The summed E-state index contributed by atoms with van der Waals surface area (Å²) >= 11 is 5.84. The summed E-state index contributed by atoms with van der Waals surface area (Å²) in [5.74, 6) is 0.451. The molecule has 1 aromatic carbocycles. The first kappa shape index (κ1) is 15.8. The van der Waals surface area contributed by atoms with Crippen LogP contribution in [0.3, 0.4) is 0 Å². The number of ether oxygens (including phenoxy) is 2. The van der Waals surface area contributed by atoms with Gasteiger partial charge in [-0.3, -0.25) is 4.68 Å². The van der Waals surface area contributed by atoms with Crippen molar-refractivity contribution in [1.82, 2.24) is 9.78 Å². The van der Waals surface area contributed by atoms with Crippen LogP contribution in [-0.4, -0.2) is 36.2 Å². The monoisotopic (exact) mass is 323 g/mol. The second kappa shape index (κ2) is 6.95. The molecule has 0 aliphatic rings. The van der Waals surface area contributed by atoms with Crippen molar-refractivity contribution >= 4 is 23.8 Å². The lowest BCUT2D eigenvalue weighted by molar-refractivity contribution is 0.0506. The van der Waals surface area contributed by atoms with Crippen LogP contribution in [0.4, 0.5) is 0 Å². The molecular weight excluding hydrogens is 310 g/mol. The van der Waals surface area contributed by atoms with Crippen molar-refractivity contribution in [2.24, 2.45) is 12.2 Å². The van der Waals surface area contributed by atoms with Crippen LogP contribution in [-0.2, 0) is 11.9 Å². The first-order valence-electron chi connectivity index (χ1n) is 6.21. The first-order chi connectivity index (χ1) is 10.6. The highest BCUT2D eigenvalue weighted by molar-refractivity contribution is 6.33. The number of halogens is 1. The molecule has 0 unspecified atom stereocenters. The molecule has 8 heteroatoms. The molecule has 116 valence electrons. The second-order valence-corrected chi connectivity index (χ2v) is 4.60. The molecule has 0 N–H and O–H groups in total. The molecule has 0 saturated heterocycles. The van der Waals surface area contributed by atoms with Gasteiger partial charge in [0.15, 0.2) is 17.2 Å². The van der Waals surface area contributed by atoms with E-state index < -0.39 is 5.97 Å². The minimum absolute atomic E-state index is 0.131. The van der Waals surface area contributed by atoms with E-state index in [1.165, 1.54) is 24.2 Å². The van der Waals surface area contributed by atoms with Crippen molar-refractivity contribution in [1.29, 1.82) is 0 Å². The van der Waals surface area contributed by atoms with Crippen LogP contribution < -0.4 is 9.47 Å². The van der Waals surface area contributed by atoms with Gasteiger partial charge in [0, 0.05) is 12.6 Å². The minimum atomic E-state index is -0.693. The van der Waals surface area contributed by atoms with Crippen molar-refractivity contribution in [3.05, 3.63) is 40.7 Å². The maximum Gasteiger partial charge on any atom is 0.385 e. The summed E-state index contributed by atoms with van der Waals surface area (Å²) in [6.45, 7) is 0. The average Bonchev–Trinajstić information content (AvgIpc) is 2.86. The van der Waals surface area contributed by atoms with E-state index in [9.17, 15) is 4.79 Å². The fraction of sp³-hybridized carbons (Fsp3) is 0.214. The van der Waals surface area contributed by atoms with E-state index in [1.54, 1.807) is 32.4 Å². The number of methoxy groups -OCH3 is 2. The summed E-state index contributed by atoms with van der Waals surface area (Å²) in [4.78, 5) is 16.6. The molecule has 0 atom stereocenters. The predicted octanol–water partition coefficient (Wildman–Crippen LogP) is 2.28. The molecule has 0 amide bonds. The largest absolute Gasteiger partial charge is 0.493 e. The third-order valence-corrected chi connectivity index (χ3v) is 3.11. The number of carbonyl (C=O) groups is 1. The Labute approximate surface area is 132 Å². The Hall–Kier alpha value is -2.54. The Balaban J connectivity index is 2.08. The van der Waals surface area contributed by atoms with Gasteiger partial charge in [-0.25, -0.2) is 4.79 Å². The molecular formula is C14H14ClN3O4. The predicted molar refractivity (Wildman–Crippen MR) is 80.8 cm³/mol. The molecule has 2 aromatic rings. The lowest BCUT2D eigenvalue weighted by Crippen LogP contribution is -2.08. The van der Waals surface area contributed by atoms with Crippen molar-refractivity contribution in [2.75, 3.05) is 14.2 Å². The number of carbonyl (C=O) groups excluding carboxylic acids is 1. The van der Waals surface area contributed by atoms with Crippen LogP contribution in [0.1, 0.15) is 16.1 Å². The first-order valence-corrected chi connectivity index (χ1v) is 6.59. The lowest BCUT2D eigenvalue weighted by Gasteiger charge is -2.07. The van der Waals surface area contributed by atoms with Crippen molar-refractivity contribution in [3.8, 4) is 11.5 Å². The molecule has 0 fully saturated rings. The molecule has 1 heterocycles. The average molecular weight is 324 g/mol. The van der Waals surface area contributed by atoms with Crippen molar-refractivity contribution in [2.45, 2.75) is 0 Å². The number of hydrogen-bond donors (Lipinski definition) is 0. The zero-order valence-electron chi connectivity index (χ0n) is 12.2. The van der Waals surface area contributed by atoms with Gasteiger partial charge in [0.25, 0.3) is 0 Å². The molecule has 0 aliphatic heterocycles. The normalized spacial score (nSPS) is 10.7. The number of oxime groups is 1. The van der Waals surface area contributed by atoms with Crippen LogP contribution in [0.15, 0.2) is 29.6 Å². The van der Waals surface area contributed by atoms with Crippen LogP contribution in [0.5, 0.6) is 11.5 Å². The van der Waals surface area contributed by atoms with Gasteiger partial charge >= 0.3 is 5.97 Å². The lowest BCUT2D eigenvalue weighted by atomic mass is 10.2. The Bertz CT molecular complexity index is 693. The van der Waals surface area contributed by atoms with Gasteiger partial charge in [-0.2, -0.15) is 5.10 Å². The minimum Gasteiger partial charge on any atom is -0.493 e. The Morgan fingerprint density at radius 3 is 2.64 bits per heavy atom. The Kier molecular flexibility index (Phi) is 5.00. The highest BCUT2D eigenvalue weighted by Crippen LogP contribution is 2.26. The Morgan fingerprint density at radius 2 is 2.05 bits per heavy atom. The van der Waals surface area contributed by atoms with Crippen LogP contribution in [0.2, 0.25) is 5.02 Å². The molecule has 0 spiro atoms. The third-order valence-electron chi connectivity index (χ3n) is 2.83. The summed E-state index contributed by atoms with van der Waals surface area (Å²) in [5, 5.41) is 7.69. The van der Waals surface area contributed by atoms with Gasteiger partial charge in [0.2, 0.25) is 0 Å². The summed E-state index contributed by atoms with van der Waals surface area (Å²) in [6, 6.07) is 5.17. The summed E-state index contributed by atoms with van der Waals surface area (Å²) < 4.78 is 11.6. The third kappa shape index (κ3) is 3.37. The molecule has 0 bridgehead atoms. The van der Waals surface area contributed by atoms with E-state index in [4.69, 9.17) is 25.9 Å². The van der Waals surface area contributed by atoms with Gasteiger partial charge in [0.05, 0.1) is 31.7 Å².